The summed E-state index contributed by atoms with van der Waals surface area (Å²) in [5, 5.41) is 7.55. The van der Waals surface area contributed by atoms with Gasteiger partial charge in [0.15, 0.2) is 0 Å². The molecule has 6 heteroatoms. The van der Waals surface area contributed by atoms with E-state index in [2.05, 4.69) is 40.2 Å². The van der Waals surface area contributed by atoms with Crippen molar-refractivity contribution in [1.82, 2.24) is 20.1 Å². The van der Waals surface area contributed by atoms with Crippen molar-refractivity contribution in [3.8, 4) is 0 Å². The summed E-state index contributed by atoms with van der Waals surface area (Å²) in [7, 11) is 0. The van der Waals surface area contributed by atoms with Crippen LogP contribution in [0.4, 0.5) is 5.82 Å². The van der Waals surface area contributed by atoms with Gasteiger partial charge in [-0.25, -0.2) is 4.98 Å². The maximum atomic E-state index is 12.6. The van der Waals surface area contributed by atoms with E-state index in [9.17, 15) is 4.79 Å². The predicted octanol–water partition coefficient (Wildman–Crippen LogP) is 2.56. The maximum absolute atomic E-state index is 12.6. The number of aromatic nitrogens is 3. The van der Waals surface area contributed by atoms with Crippen LogP contribution in [0.3, 0.4) is 0 Å². The molecule has 1 saturated heterocycles. The predicted molar refractivity (Wildman–Crippen MR) is 98.9 cm³/mol. The lowest BCUT2D eigenvalue weighted by Gasteiger charge is -2.20. The van der Waals surface area contributed by atoms with Gasteiger partial charge in [-0.15, -0.1) is 0 Å². The van der Waals surface area contributed by atoms with Crippen molar-refractivity contribution in [2.75, 3.05) is 24.5 Å². The molecular formula is C19H27N5O. The van der Waals surface area contributed by atoms with Crippen LogP contribution in [0.5, 0.6) is 0 Å². The summed E-state index contributed by atoms with van der Waals surface area (Å²) < 4.78 is 2.01. The second-order valence-electron chi connectivity index (χ2n) is 6.99. The molecular weight excluding hydrogens is 314 g/mol. The van der Waals surface area contributed by atoms with E-state index >= 15 is 0 Å². The van der Waals surface area contributed by atoms with E-state index in [1.165, 1.54) is 0 Å². The Morgan fingerprint density at radius 2 is 2.08 bits per heavy atom. The first kappa shape index (κ1) is 17.5. The Balaban J connectivity index is 1.60. The van der Waals surface area contributed by atoms with Crippen LogP contribution in [-0.2, 0) is 6.54 Å². The summed E-state index contributed by atoms with van der Waals surface area (Å²) in [6.45, 7) is 9.55. The van der Waals surface area contributed by atoms with Crippen molar-refractivity contribution < 1.29 is 4.79 Å². The van der Waals surface area contributed by atoms with Gasteiger partial charge in [-0.3, -0.25) is 9.48 Å². The Morgan fingerprint density at radius 3 is 2.76 bits per heavy atom. The smallest absolute Gasteiger partial charge is 0.255 e. The number of aryl methyl sites for hydroxylation is 2. The lowest BCUT2D eigenvalue weighted by atomic mass is 10.1. The van der Waals surface area contributed by atoms with Gasteiger partial charge in [0.2, 0.25) is 0 Å². The van der Waals surface area contributed by atoms with Gasteiger partial charge in [0.05, 0.1) is 11.3 Å². The first-order chi connectivity index (χ1) is 12.0. The van der Waals surface area contributed by atoms with Crippen molar-refractivity contribution in [2.45, 2.75) is 40.2 Å². The van der Waals surface area contributed by atoms with Gasteiger partial charge in [-0.1, -0.05) is 6.92 Å². The van der Waals surface area contributed by atoms with Crippen LogP contribution >= 0.6 is 0 Å². The number of nitrogens with zero attached hydrogens (tertiary/aromatic N) is 4. The van der Waals surface area contributed by atoms with Gasteiger partial charge >= 0.3 is 0 Å². The molecule has 0 aromatic carbocycles. The molecule has 134 valence electrons. The second-order valence-corrected chi connectivity index (χ2v) is 6.99. The Hall–Kier alpha value is -2.37. The molecule has 2 aromatic rings. The Labute approximate surface area is 149 Å². The zero-order valence-electron chi connectivity index (χ0n) is 15.3. The number of hydrogen-bond donors (Lipinski definition) is 1. The topological polar surface area (TPSA) is 63.1 Å². The molecule has 1 N–H and O–H groups in total. The third-order valence-electron chi connectivity index (χ3n) is 4.64. The van der Waals surface area contributed by atoms with Gasteiger partial charge in [0, 0.05) is 38.1 Å². The highest BCUT2D eigenvalue weighted by atomic mass is 16.1. The Morgan fingerprint density at radius 1 is 1.32 bits per heavy atom. The van der Waals surface area contributed by atoms with Crippen LogP contribution in [0, 0.1) is 19.8 Å². The number of rotatable bonds is 6. The third kappa shape index (κ3) is 4.18. The minimum Gasteiger partial charge on any atom is -0.356 e. The molecule has 1 aliphatic heterocycles. The molecule has 2 aromatic heterocycles. The highest BCUT2D eigenvalue weighted by molar-refractivity contribution is 5.98. The van der Waals surface area contributed by atoms with E-state index in [1.807, 2.05) is 23.7 Å². The fourth-order valence-electron chi connectivity index (χ4n) is 3.34. The number of nitrogens with one attached hydrogen (secondary N) is 1. The molecule has 25 heavy (non-hydrogen) atoms. The van der Waals surface area contributed by atoms with Crippen LogP contribution in [0.25, 0.3) is 0 Å². The molecule has 1 amide bonds. The summed E-state index contributed by atoms with van der Waals surface area (Å²) in [5.74, 6) is 1.06. The SMILES string of the molecule is Cc1cc(C)n(C[C@@H](C)CNC(=O)c2cccnc2N2CCCC2)n1. The molecule has 1 atom stereocenters. The number of carbonyl (C=O) groups excluding carboxylic acids is 1. The minimum atomic E-state index is -0.0461. The summed E-state index contributed by atoms with van der Waals surface area (Å²) >= 11 is 0. The normalized spacial score (nSPS) is 15.4. The number of hydrogen-bond acceptors (Lipinski definition) is 4. The molecule has 0 saturated carbocycles. The van der Waals surface area contributed by atoms with Crippen molar-refractivity contribution in [3.05, 3.63) is 41.3 Å². The lowest BCUT2D eigenvalue weighted by Crippen LogP contribution is -2.32. The fourth-order valence-corrected chi connectivity index (χ4v) is 3.34. The van der Waals surface area contributed by atoms with Crippen LogP contribution in [-0.4, -0.2) is 40.3 Å². The Bertz CT molecular complexity index is 733. The highest BCUT2D eigenvalue weighted by Gasteiger charge is 2.20. The van der Waals surface area contributed by atoms with Crippen molar-refractivity contribution in [2.24, 2.45) is 5.92 Å². The molecule has 3 heterocycles. The van der Waals surface area contributed by atoms with E-state index in [4.69, 9.17) is 0 Å². The second kappa shape index (κ2) is 7.68. The van der Waals surface area contributed by atoms with Gasteiger partial charge < -0.3 is 10.2 Å². The van der Waals surface area contributed by atoms with Crippen LogP contribution < -0.4 is 10.2 Å². The third-order valence-corrected chi connectivity index (χ3v) is 4.64. The largest absolute Gasteiger partial charge is 0.356 e. The van der Waals surface area contributed by atoms with Crippen LogP contribution in [0.1, 0.15) is 41.5 Å². The molecule has 0 bridgehead atoms. The first-order valence-electron chi connectivity index (χ1n) is 9.04. The molecule has 0 radical (unpaired) electrons. The maximum Gasteiger partial charge on any atom is 0.255 e. The van der Waals surface area contributed by atoms with E-state index < -0.39 is 0 Å². The van der Waals surface area contributed by atoms with Crippen LogP contribution in [0.2, 0.25) is 0 Å². The summed E-state index contributed by atoms with van der Waals surface area (Å²) in [4.78, 5) is 19.3. The molecule has 1 fully saturated rings. The fraction of sp³-hybridized carbons (Fsp3) is 0.526. The zero-order chi connectivity index (χ0) is 17.8. The number of anilines is 1. The lowest BCUT2D eigenvalue weighted by molar-refractivity contribution is 0.0946. The number of carbonyl (C=O) groups is 1. The van der Waals surface area contributed by atoms with Gasteiger partial charge in [-0.2, -0.15) is 5.10 Å². The summed E-state index contributed by atoms with van der Waals surface area (Å²) in [5.41, 5.74) is 2.85. The average Bonchev–Trinajstić information content (AvgIpc) is 3.23. The quantitative estimate of drug-likeness (QED) is 0.877. The molecule has 0 aliphatic carbocycles. The zero-order valence-corrected chi connectivity index (χ0v) is 15.3. The van der Waals surface area contributed by atoms with Crippen molar-refractivity contribution in [1.29, 1.82) is 0 Å². The van der Waals surface area contributed by atoms with Crippen molar-refractivity contribution >= 4 is 11.7 Å². The van der Waals surface area contributed by atoms with E-state index in [0.29, 0.717) is 18.0 Å². The standard InChI is InChI=1S/C19H27N5O/c1-14(13-24-16(3)11-15(2)22-24)12-21-19(25)17-7-6-8-20-18(17)23-9-4-5-10-23/h6-8,11,14H,4-5,9-10,12-13H2,1-3H3,(H,21,25)/t14-/m0/s1. The molecule has 0 unspecified atom stereocenters. The highest BCUT2D eigenvalue weighted by Crippen LogP contribution is 2.21. The van der Waals surface area contributed by atoms with Gasteiger partial charge in [0.1, 0.15) is 5.82 Å². The monoisotopic (exact) mass is 341 g/mol. The first-order valence-corrected chi connectivity index (χ1v) is 9.04. The van der Waals surface area contributed by atoms with Gasteiger partial charge in [0.25, 0.3) is 5.91 Å². The molecule has 3 rings (SSSR count). The van der Waals surface area contributed by atoms with E-state index in [0.717, 1.165) is 49.7 Å². The minimum absolute atomic E-state index is 0.0461. The van der Waals surface area contributed by atoms with E-state index in [1.54, 1.807) is 6.20 Å². The summed E-state index contributed by atoms with van der Waals surface area (Å²) in [6, 6.07) is 5.76. The average molecular weight is 341 g/mol. The number of pyridine rings is 1. The molecule has 6 nitrogen and oxygen atoms in total. The van der Waals surface area contributed by atoms with Crippen LogP contribution in [0.15, 0.2) is 24.4 Å². The van der Waals surface area contributed by atoms with E-state index in [-0.39, 0.29) is 5.91 Å². The molecule has 0 spiro atoms. The Kier molecular flexibility index (Phi) is 5.36. The van der Waals surface area contributed by atoms with Gasteiger partial charge in [-0.05, 0) is 50.8 Å². The summed E-state index contributed by atoms with van der Waals surface area (Å²) in [6.07, 6.45) is 4.09. The molecule has 1 aliphatic rings. The van der Waals surface area contributed by atoms with Crippen molar-refractivity contribution in [3.63, 3.8) is 0 Å². The number of amides is 1.